The number of nitrogens with one attached hydrogen (secondary N) is 1. The number of ether oxygens (including phenoxy) is 2. The quantitative estimate of drug-likeness (QED) is 0.223. The van der Waals surface area contributed by atoms with Crippen molar-refractivity contribution in [2.24, 2.45) is 5.41 Å². The van der Waals surface area contributed by atoms with Crippen LogP contribution >= 0.6 is 7.82 Å². The van der Waals surface area contributed by atoms with Crippen LogP contribution in [0.4, 0.5) is 17.3 Å². The number of esters is 1. The molecule has 2 fully saturated rings. The second-order valence-corrected chi connectivity index (χ2v) is 12.2. The molecule has 0 amide bonds. The molecule has 0 aromatic carbocycles. The van der Waals surface area contributed by atoms with Crippen LogP contribution in [0.1, 0.15) is 32.7 Å². The second-order valence-electron chi connectivity index (χ2n) is 9.68. The molecular weight excluding hydrogens is 480 g/mol. The van der Waals surface area contributed by atoms with Gasteiger partial charge < -0.3 is 0 Å². The molecule has 13 nitrogen and oxygen atoms in total. The van der Waals surface area contributed by atoms with Crippen molar-refractivity contribution in [3.63, 3.8) is 0 Å². The summed E-state index contributed by atoms with van der Waals surface area (Å²) in [4.78, 5) is 22.2. The molecule has 35 heavy (non-hydrogen) atoms. The number of hydrogen-bond donors (Lipinski definition) is 3. The molecule has 5 rings (SSSR count). The summed E-state index contributed by atoms with van der Waals surface area (Å²) in [6.45, 7) is 5.08. The van der Waals surface area contributed by atoms with E-state index in [-0.39, 0.29) is 19.2 Å². The van der Waals surface area contributed by atoms with E-state index >= 15 is 0 Å². The molecule has 2 aromatic heterocycles. The molecule has 3 aliphatic heterocycles. The molecule has 0 radical (unpaired) electrons. The zero-order valence-corrected chi connectivity index (χ0v) is 20.8. The van der Waals surface area contributed by atoms with Gasteiger partial charge in [0, 0.05) is 0 Å². The van der Waals surface area contributed by atoms with Gasteiger partial charge in [0.15, 0.2) is 0 Å². The third kappa shape index (κ3) is 4.46. The first-order chi connectivity index (χ1) is 16.6. The molecule has 2 saturated heterocycles. The summed E-state index contributed by atoms with van der Waals surface area (Å²) in [5.74, 6) is 0.900. The maximum atomic E-state index is 12.0. The number of hydrogen-bond acceptors (Lipinski definition) is 13. The van der Waals surface area contributed by atoms with E-state index in [0.29, 0.717) is 17.3 Å². The van der Waals surface area contributed by atoms with E-state index < -0.39 is 49.9 Å². The molecule has 3 aliphatic rings. The Morgan fingerprint density at radius 2 is 2.23 bits per heavy atom. The van der Waals surface area contributed by atoms with E-state index in [1.54, 1.807) is 51.6 Å². The van der Waals surface area contributed by atoms with Gasteiger partial charge in [-0.2, -0.15) is 0 Å². The third-order valence-corrected chi connectivity index (χ3v) is 8.07. The first kappa shape index (κ1) is 24.2. The van der Waals surface area contributed by atoms with Crippen LogP contribution in [0.5, 0.6) is 0 Å². The molecule has 5 atom stereocenters. The van der Waals surface area contributed by atoms with Gasteiger partial charge in [-0.25, -0.2) is 0 Å². The summed E-state index contributed by atoms with van der Waals surface area (Å²) in [7, 11) is -1.54. The molecule has 2 aromatic rings. The van der Waals surface area contributed by atoms with Gasteiger partial charge >= 0.3 is 203 Å². The van der Waals surface area contributed by atoms with Crippen molar-refractivity contribution < 1.29 is 37.4 Å². The van der Waals surface area contributed by atoms with Crippen molar-refractivity contribution in [3.05, 3.63) is 30.5 Å². The minimum absolute atomic E-state index is 0.139. The Balaban J connectivity index is 1.33. The number of aliphatic hydroxyl groups excluding tert-OH is 1. The van der Waals surface area contributed by atoms with E-state index in [1.165, 1.54) is 6.33 Å². The molecule has 4 unspecified atom stereocenters. The Morgan fingerprint density at radius 3 is 2.94 bits per heavy atom. The summed E-state index contributed by atoms with van der Waals surface area (Å²) in [5.41, 5.74) is 5.92. The predicted octanol–water partition coefficient (Wildman–Crippen LogP) is 0.690. The topological polar surface area (TPSA) is 164 Å². The van der Waals surface area contributed by atoms with Gasteiger partial charge in [0.1, 0.15) is 0 Å². The number of furan rings is 1. The molecule has 0 saturated carbocycles. The van der Waals surface area contributed by atoms with Crippen molar-refractivity contribution in [2.75, 3.05) is 29.4 Å². The Hall–Kier alpha value is -2.48. The first-order valence-electron chi connectivity index (χ1n) is 11.2. The normalized spacial score (nSPS) is 30.3. The number of nitrogen functional groups attached to an aromatic ring is 1. The van der Waals surface area contributed by atoms with Crippen LogP contribution in [-0.2, 0) is 27.8 Å². The first-order valence-corrected chi connectivity index (χ1v) is 13.4. The van der Waals surface area contributed by atoms with Gasteiger partial charge in [-0.15, -0.1) is 0 Å². The number of nitrogens with zero attached hydrogens (tertiary/aromatic N) is 3. The van der Waals surface area contributed by atoms with Gasteiger partial charge in [0.2, 0.25) is 0 Å². The number of carbonyl (C=O) groups is 1. The van der Waals surface area contributed by atoms with Crippen LogP contribution in [0.2, 0.25) is 0 Å². The zero-order valence-electron chi connectivity index (χ0n) is 19.8. The summed E-state index contributed by atoms with van der Waals surface area (Å²) >= 11 is 0. The van der Waals surface area contributed by atoms with Crippen LogP contribution in [0.3, 0.4) is 0 Å². The average Bonchev–Trinajstić information content (AvgIpc) is 3.51. The predicted molar refractivity (Wildman–Crippen MR) is 128 cm³/mol. The summed E-state index contributed by atoms with van der Waals surface area (Å²) in [5, 5.41) is 14.6. The van der Waals surface area contributed by atoms with E-state index in [2.05, 4.69) is 15.3 Å². The number of carbonyl (C=O) groups excluding carboxylic acids is 1. The molecule has 0 spiro atoms. The van der Waals surface area contributed by atoms with E-state index in [9.17, 15) is 9.90 Å². The van der Waals surface area contributed by atoms with Crippen molar-refractivity contribution >= 4 is 38.7 Å². The average molecular weight is 509 g/mol. The van der Waals surface area contributed by atoms with Crippen LogP contribution < -0.4 is 16.0 Å². The number of fused-ring (bicyclic) bond motifs is 2. The van der Waals surface area contributed by atoms with Crippen molar-refractivity contribution in [1.82, 2.24) is 9.97 Å². The van der Waals surface area contributed by atoms with E-state index in [0.717, 1.165) is 0 Å². The van der Waals surface area contributed by atoms with E-state index in [4.69, 9.17) is 33.2 Å². The fraction of sp³-hybridized carbons (Fsp3) is 0.550. The Kier molecular flexibility index (Phi) is 6.15. The number of nitrogens with two attached hydrogens (primary N) is 1. The Labute approximate surface area is 203 Å². The molecule has 190 valence electrons. The van der Waals surface area contributed by atoms with Crippen molar-refractivity contribution in [3.8, 4) is 0 Å². The van der Waals surface area contributed by atoms with Crippen LogP contribution in [-0.4, -0.2) is 66.5 Å². The molecule has 0 bridgehead atoms. The van der Waals surface area contributed by atoms with Gasteiger partial charge in [-0.1, -0.05) is 0 Å². The number of anilines is 3. The Bertz CT molecular complexity index is 1090. The number of aromatic nitrogens is 2. The van der Waals surface area contributed by atoms with Crippen LogP contribution in [0.25, 0.3) is 0 Å². The maximum absolute atomic E-state index is 12.0. The SMILES string of the molecule is B[PH]1(OCOC(=O)C(C)(C)C)OCC2OC(N3c4ncnc(N)c4NC3c3ccco3)C(O)[C@@H]2O1. The number of rotatable bonds is 5. The summed E-state index contributed by atoms with van der Waals surface area (Å²) in [6.07, 6.45) is -0.883. The third-order valence-electron chi connectivity index (χ3n) is 6.04. The second kappa shape index (κ2) is 8.88. The standard InChI is InChI=1S/C20H29BN5O8P/c1-20(2,3)19(28)30-9-32-35(21)31-7-11-14(34-35)13(27)18(33-11)26-16(10-5-4-6-29-10)25-12-15(22)23-8-24-17(12)26/h4-6,8,11,13-14,16,18,25,27,35H,7,9,21H2,1-3H3,(H2,22,23,24)/t11?,13?,14-,16?,18?/m1/s1. The van der Waals surface area contributed by atoms with E-state index in [1.807, 2.05) is 0 Å². The molecule has 0 aliphatic carbocycles. The van der Waals surface area contributed by atoms with Crippen LogP contribution in [0, 0.1) is 5.41 Å². The molecule has 5 heterocycles. The van der Waals surface area contributed by atoms with Crippen molar-refractivity contribution in [1.29, 1.82) is 0 Å². The number of aliphatic hydroxyl groups is 1. The van der Waals surface area contributed by atoms with Crippen molar-refractivity contribution in [2.45, 2.75) is 51.5 Å². The molecular formula is C20H29BN5O8P. The fourth-order valence-corrected chi connectivity index (χ4v) is 5.95. The van der Waals surface area contributed by atoms with Gasteiger partial charge in [0.25, 0.3) is 0 Å². The fourth-order valence-electron chi connectivity index (χ4n) is 4.20. The Morgan fingerprint density at radius 1 is 1.43 bits per heavy atom. The van der Waals surface area contributed by atoms with Gasteiger partial charge in [0.05, 0.1) is 0 Å². The molecule has 15 heteroatoms. The van der Waals surface area contributed by atoms with Gasteiger partial charge in [-0.3, -0.25) is 0 Å². The summed E-state index contributed by atoms with van der Waals surface area (Å²) in [6, 6.07) is 3.56. The monoisotopic (exact) mass is 509 g/mol. The molecule has 4 N–H and O–H groups in total. The van der Waals surface area contributed by atoms with Crippen LogP contribution in [0.15, 0.2) is 29.1 Å². The summed E-state index contributed by atoms with van der Waals surface area (Å²) < 4.78 is 34.7. The zero-order chi connectivity index (χ0) is 25.0. The van der Waals surface area contributed by atoms with Gasteiger partial charge in [-0.05, 0) is 0 Å². The minimum atomic E-state index is -3.23.